The molecule has 15 nitrogen and oxygen atoms in total. The van der Waals surface area contributed by atoms with Crippen LogP contribution >= 0.6 is 7.82 Å². The van der Waals surface area contributed by atoms with Crippen LogP contribution in [-0.4, -0.2) is 81.5 Å². The Labute approximate surface area is 323 Å². The van der Waals surface area contributed by atoms with E-state index >= 15 is 0 Å². The minimum absolute atomic E-state index is 0.0101. The molecule has 2 aromatic rings. The SMILES string of the molecule is CCC(C)C1CCC2CCC(C(=O)NC(CCC(N)=O)C(=O)NCc3ccccc3)N2C(=O)C(NC(=O)C(Cc2ccc(OP(=O)(O)O)cc2)NC)C1CC. The van der Waals surface area contributed by atoms with E-state index in [1.165, 1.54) is 12.1 Å². The zero-order chi connectivity index (χ0) is 40.3. The zero-order valence-electron chi connectivity index (χ0n) is 32.1. The summed E-state index contributed by atoms with van der Waals surface area (Å²) in [5.41, 5.74) is 6.97. The van der Waals surface area contributed by atoms with Gasteiger partial charge in [0.05, 0.1) is 6.04 Å². The van der Waals surface area contributed by atoms with Crippen molar-refractivity contribution in [1.82, 2.24) is 26.2 Å². The summed E-state index contributed by atoms with van der Waals surface area (Å²) in [7, 11) is -3.10. The van der Waals surface area contributed by atoms with Crippen LogP contribution in [0.4, 0.5) is 0 Å². The average molecular weight is 785 g/mol. The van der Waals surface area contributed by atoms with Gasteiger partial charge in [-0.1, -0.05) is 76.1 Å². The topological polar surface area (TPSA) is 229 Å². The largest absolute Gasteiger partial charge is 0.524 e. The molecule has 2 saturated heterocycles. The molecular formula is C39H57N6O9P. The highest BCUT2D eigenvalue weighted by Crippen LogP contribution is 2.40. The lowest BCUT2D eigenvalue weighted by Crippen LogP contribution is -2.62. The van der Waals surface area contributed by atoms with Gasteiger partial charge >= 0.3 is 7.82 Å². The van der Waals surface area contributed by atoms with Crippen LogP contribution < -0.4 is 31.5 Å². The van der Waals surface area contributed by atoms with Crippen molar-refractivity contribution >= 4 is 37.4 Å². The second kappa shape index (κ2) is 20.0. The van der Waals surface area contributed by atoms with Gasteiger partial charge in [0.2, 0.25) is 29.5 Å². The Morgan fingerprint density at radius 1 is 0.945 bits per heavy atom. The second-order valence-corrected chi connectivity index (χ2v) is 15.9. The number of carbonyl (C=O) groups is 5. The standard InChI is InChI=1S/C39H57N6O9P/c1-5-24(3)30-18-14-27-15-20-33(38(49)43-31(19-21-34(40)46)36(47)42-23-26-10-8-7-9-11-26)45(27)39(50)35(29(30)6-2)44-37(48)32(41-4)22-25-12-16-28(17-13-25)54-55(51,52)53/h7-13,16-17,24,27,29-33,35,41H,5-6,14-15,18-23H2,1-4H3,(H2,40,46)(H,42,47)(H,43,49)(H,44,48)(H2,51,52,53). The first kappa shape index (κ1) is 43.4. The lowest BCUT2D eigenvalue weighted by atomic mass is 9.71. The Balaban J connectivity index is 1.57. The number of rotatable bonds is 18. The first-order valence-corrected chi connectivity index (χ1v) is 20.7. The minimum Gasteiger partial charge on any atom is -0.404 e. The Hall–Kier alpha value is -4.30. The number of likely N-dealkylation sites (N-methyl/N-ethyl adjacent to an activating group) is 1. The third-order valence-electron chi connectivity index (χ3n) is 11.2. The van der Waals surface area contributed by atoms with E-state index < -0.39 is 55.6 Å². The van der Waals surface area contributed by atoms with Gasteiger partial charge in [0.15, 0.2) is 0 Å². The Morgan fingerprint density at radius 2 is 1.62 bits per heavy atom. The van der Waals surface area contributed by atoms with Crippen molar-refractivity contribution in [2.75, 3.05) is 7.05 Å². The van der Waals surface area contributed by atoms with Gasteiger partial charge in [0.25, 0.3) is 0 Å². The normalized spacial score (nSPS) is 23.0. The number of nitrogens with one attached hydrogen (secondary N) is 4. The van der Waals surface area contributed by atoms with E-state index in [4.69, 9.17) is 15.5 Å². The molecule has 2 aliphatic heterocycles. The molecule has 2 aromatic carbocycles. The molecule has 8 N–H and O–H groups in total. The fourth-order valence-corrected chi connectivity index (χ4v) is 8.43. The van der Waals surface area contributed by atoms with E-state index in [1.54, 1.807) is 24.1 Å². The zero-order valence-corrected chi connectivity index (χ0v) is 33.0. The Bertz CT molecular complexity index is 1670. The monoisotopic (exact) mass is 784 g/mol. The van der Waals surface area contributed by atoms with E-state index in [0.717, 1.165) is 18.4 Å². The number of phosphoric acid groups is 1. The average Bonchev–Trinajstić information content (AvgIpc) is 3.58. The Morgan fingerprint density at radius 3 is 2.22 bits per heavy atom. The van der Waals surface area contributed by atoms with Gasteiger partial charge in [-0.15, -0.1) is 0 Å². The minimum atomic E-state index is -4.73. The van der Waals surface area contributed by atoms with Gasteiger partial charge < -0.3 is 36.4 Å². The summed E-state index contributed by atoms with van der Waals surface area (Å²) in [5, 5.41) is 11.8. The molecule has 8 atom stereocenters. The summed E-state index contributed by atoms with van der Waals surface area (Å²) in [6.07, 6.45) is 4.06. The van der Waals surface area contributed by atoms with Crippen LogP contribution in [0.5, 0.6) is 5.75 Å². The summed E-state index contributed by atoms with van der Waals surface area (Å²) >= 11 is 0. The van der Waals surface area contributed by atoms with E-state index in [9.17, 15) is 28.5 Å². The highest BCUT2D eigenvalue weighted by atomic mass is 31.2. The molecule has 0 aliphatic carbocycles. The molecule has 0 aromatic heterocycles. The van der Waals surface area contributed by atoms with Gasteiger partial charge in [-0.05, 0) is 86.6 Å². The van der Waals surface area contributed by atoms with Gasteiger partial charge in [-0.25, -0.2) is 4.57 Å². The number of fused-ring (bicyclic) bond motifs is 1. The molecule has 5 amide bonds. The van der Waals surface area contributed by atoms with Crippen LogP contribution in [-0.2, 0) is 41.5 Å². The van der Waals surface area contributed by atoms with Gasteiger partial charge in [0, 0.05) is 19.0 Å². The van der Waals surface area contributed by atoms with Crippen molar-refractivity contribution in [1.29, 1.82) is 0 Å². The van der Waals surface area contributed by atoms with Crippen molar-refractivity contribution in [2.45, 2.75) is 115 Å². The third-order valence-corrected chi connectivity index (χ3v) is 11.6. The smallest absolute Gasteiger partial charge is 0.404 e. The van der Waals surface area contributed by atoms with Gasteiger partial charge in [-0.2, -0.15) is 0 Å². The number of nitrogens with zero attached hydrogens (tertiary/aromatic N) is 1. The maximum Gasteiger partial charge on any atom is 0.524 e. The number of hydrogen-bond donors (Lipinski definition) is 7. The van der Waals surface area contributed by atoms with Crippen molar-refractivity contribution in [3.8, 4) is 5.75 Å². The fourth-order valence-electron chi connectivity index (χ4n) is 8.03. The van der Waals surface area contributed by atoms with Crippen molar-refractivity contribution in [2.24, 2.45) is 23.5 Å². The highest BCUT2D eigenvalue weighted by molar-refractivity contribution is 7.46. The van der Waals surface area contributed by atoms with Crippen LogP contribution in [0.15, 0.2) is 54.6 Å². The van der Waals surface area contributed by atoms with Crippen LogP contribution in [0.1, 0.15) is 83.3 Å². The molecule has 8 unspecified atom stereocenters. The number of primary amides is 1. The molecule has 0 radical (unpaired) electrons. The number of carbonyl (C=O) groups excluding carboxylic acids is 5. The van der Waals surface area contributed by atoms with Crippen molar-refractivity contribution < 1.29 is 42.8 Å². The molecule has 2 fully saturated rings. The Kier molecular flexibility index (Phi) is 15.8. The highest BCUT2D eigenvalue weighted by Gasteiger charge is 2.49. The second-order valence-electron chi connectivity index (χ2n) is 14.7. The number of amides is 5. The summed E-state index contributed by atoms with van der Waals surface area (Å²) in [6, 6.07) is 11.4. The quantitative estimate of drug-likeness (QED) is 0.109. The molecule has 4 rings (SSSR count). The molecule has 55 heavy (non-hydrogen) atoms. The summed E-state index contributed by atoms with van der Waals surface area (Å²) < 4.78 is 15.9. The number of hydrogen-bond acceptors (Lipinski definition) is 8. The molecule has 302 valence electrons. The first-order valence-electron chi connectivity index (χ1n) is 19.2. The van der Waals surface area contributed by atoms with E-state index in [2.05, 4.69) is 39.6 Å². The predicted molar refractivity (Wildman–Crippen MR) is 206 cm³/mol. The number of benzene rings is 2. The van der Waals surface area contributed by atoms with Crippen molar-refractivity contribution in [3.05, 3.63) is 65.7 Å². The number of nitrogens with two attached hydrogens (primary N) is 1. The predicted octanol–water partition coefficient (Wildman–Crippen LogP) is 2.68. The molecule has 0 bridgehead atoms. The lowest BCUT2D eigenvalue weighted by molar-refractivity contribution is -0.147. The van der Waals surface area contributed by atoms with E-state index in [0.29, 0.717) is 31.2 Å². The summed E-state index contributed by atoms with van der Waals surface area (Å²) in [6.45, 7) is 6.52. The van der Waals surface area contributed by atoms with Crippen molar-refractivity contribution in [3.63, 3.8) is 0 Å². The van der Waals surface area contributed by atoms with Gasteiger partial charge in [-0.3, -0.25) is 33.8 Å². The van der Waals surface area contributed by atoms with Crippen LogP contribution in [0, 0.1) is 17.8 Å². The van der Waals surface area contributed by atoms with E-state index in [1.807, 2.05) is 37.3 Å². The summed E-state index contributed by atoms with van der Waals surface area (Å²) in [5.74, 6) is -2.15. The van der Waals surface area contributed by atoms with Crippen LogP contribution in [0.25, 0.3) is 0 Å². The first-order chi connectivity index (χ1) is 26.1. The number of phosphoric ester groups is 1. The summed E-state index contributed by atoms with van der Waals surface area (Å²) in [4.78, 5) is 87.9. The maximum absolute atomic E-state index is 14.9. The molecule has 0 spiro atoms. The molecule has 2 aliphatic rings. The van der Waals surface area contributed by atoms with E-state index in [-0.39, 0.29) is 61.3 Å². The van der Waals surface area contributed by atoms with Gasteiger partial charge in [0.1, 0.15) is 23.9 Å². The lowest BCUT2D eigenvalue weighted by Gasteiger charge is -2.43. The maximum atomic E-state index is 14.9. The molecule has 16 heteroatoms. The van der Waals surface area contributed by atoms with Crippen LogP contribution in [0.3, 0.4) is 0 Å². The third kappa shape index (κ3) is 12.1. The molecular weight excluding hydrogens is 727 g/mol. The molecule has 0 saturated carbocycles. The molecule has 2 heterocycles. The van der Waals surface area contributed by atoms with Crippen LogP contribution in [0.2, 0.25) is 0 Å². The fraction of sp³-hybridized carbons (Fsp3) is 0.564.